The minimum atomic E-state index is -1.58. The molecule has 0 spiro atoms. The Hall–Kier alpha value is -3.27. The van der Waals surface area contributed by atoms with E-state index in [4.69, 9.17) is 24.7 Å². The number of fused-ring (bicyclic) bond motifs is 7. The molecule has 3 saturated carbocycles. The molecule has 4 fully saturated rings. The van der Waals surface area contributed by atoms with Crippen LogP contribution in [0.5, 0.6) is 0 Å². The minimum Gasteiger partial charge on any atom is -0.465 e. The van der Waals surface area contributed by atoms with Crippen LogP contribution in [0, 0.1) is 38.7 Å². The number of aliphatic hydroxyl groups is 1. The van der Waals surface area contributed by atoms with Crippen molar-refractivity contribution in [3.63, 3.8) is 0 Å². The third kappa shape index (κ3) is 6.29. The van der Waals surface area contributed by atoms with Crippen LogP contribution in [0.2, 0.25) is 0 Å². The van der Waals surface area contributed by atoms with E-state index in [0.29, 0.717) is 24.8 Å². The number of alkyl halides is 1. The Bertz CT molecular complexity index is 1400. The smallest absolute Gasteiger partial charge is 0.322 e. The second kappa shape index (κ2) is 13.2. The molecule has 0 bridgehead atoms. The predicted octanol–water partition coefficient (Wildman–Crippen LogP) is 2.46. The Morgan fingerprint density at radius 2 is 1.88 bits per heavy atom. The molecule has 5 rings (SSSR count). The molecule has 1 heterocycles. The quantitative estimate of drug-likeness (QED) is 0.124. The molecule has 0 aromatic heterocycles. The molecule has 3 N–H and O–H groups in total. The highest BCUT2D eigenvalue weighted by atomic mass is 19.1. The number of rotatable bonds is 13. The van der Waals surface area contributed by atoms with Gasteiger partial charge >= 0.3 is 11.9 Å². The third-order valence-corrected chi connectivity index (χ3v) is 11.2. The van der Waals surface area contributed by atoms with Gasteiger partial charge in [0.25, 0.3) is 5.09 Å². The van der Waals surface area contributed by atoms with Crippen molar-refractivity contribution >= 4 is 23.5 Å². The maximum absolute atomic E-state index is 15.8. The van der Waals surface area contributed by atoms with Gasteiger partial charge in [-0.3, -0.25) is 19.2 Å². The van der Waals surface area contributed by atoms with E-state index in [0.717, 1.165) is 0 Å². The van der Waals surface area contributed by atoms with Crippen LogP contribution in [0.4, 0.5) is 4.39 Å². The van der Waals surface area contributed by atoms with E-state index in [-0.39, 0.29) is 56.5 Å². The molecule has 4 aliphatic carbocycles. The number of Topliss-reactive ketones (excluding diaryl/α,β-unsaturated/α-hetero) is 1. The lowest BCUT2D eigenvalue weighted by atomic mass is 9.46. The number of ether oxygens (including phenoxy) is 4. The zero-order valence-electron chi connectivity index (χ0n) is 27.7. The SMILES string of the molecule is CC1(C)O[C@@H]2C[C@H]3[C@@H]4C[C@H](F)C5=CC(=O)C=C[C@]5(C)[C@H]4[C@@H](O)C[C@]3(C)[C@]2(C(=O)COC(=O)CCC(N)C(=O)OCCCCO[N+](=O)[O-])O1. The van der Waals surface area contributed by atoms with Crippen LogP contribution in [0.1, 0.15) is 72.6 Å². The number of carbonyl (C=O) groups excluding carboxylic acids is 4. The molecular weight excluding hydrogens is 635 g/mol. The molecule has 266 valence electrons. The van der Waals surface area contributed by atoms with Crippen molar-refractivity contribution in [2.75, 3.05) is 19.8 Å². The van der Waals surface area contributed by atoms with E-state index < -0.39 is 82.0 Å². The van der Waals surface area contributed by atoms with E-state index in [2.05, 4.69) is 4.84 Å². The fraction of sp³-hybridized carbons (Fsp3) is 0.758. The molecule has 1 unspecified atom stereocenters. The van der Waals surface area contributed by atoms with E-state index in [1.807, 2.05) is 13.8 Å². The lowest BCUT2D eigenvalue weighted by Crippen LogP contribution is -2.64. The van der Waals surface area contributed by atoms with Gasteiger partial charge < -0.3 is 34.6 Å². The first-order valence-corrected chi connectivity index (χ1v) is 16.5. The van der Waals surface area contributed by atoms with Crippen LogP contribution in [-0.4, -0.2) is 89.3 Å². The van der Waals surface area contributed by atoms with Crippen LogP contribution in [-0.2, 0) is 43.0 Å². The second-order valence-electron chi connectivity index (χ2n) is 14.5. The Labute approximate surface area is 277 Å². The first kappa shape index (κ1) is 36.0. The number of halogens is 1. The summed E-state index contributed by atoms with van der Waals surface area (Å²) in [7, 11) is 0. The molecular formula is C33H45FN2O12. The van der Waals surface area contributed by atoms with Crippen molar-refractivity contribution in [1.29, 1.82) is 0 Å². The summed E-state index contributed by atoms with van der Waals surface area (Å²) in [5.74, 6) is -4.51. The summed E-state index contributed by atoms with van der Waals surface area (Å²) >= 11 is 0. The number of nitrogens with zero attached hydrogens (tertiary/aromatic N) is 1. The minimum absolute atomic E-state index is 0.0241. The normalized spacial score (nSPS) is 38.1. The average molecular weight is 681 g/mol. The van der Waals surface area contributed by atoms with Gasteiger partial charge in [-0.15, -0.1) is 10.1 Å². The molecule has 0 aromatic rings. The average Bonchev–Trinajstić information content (AvgIpc) is 3.42. The molecule has 0 amide bonds. The zero-order valence-corrected chi connectivity index (χ0v) is 27.7. The van der Waals surface area contributed by atoms with Crippen molar-refractivity contribution in [3.8, 4) is 0 Å². The van der Waals surface area contributed by atoms with Crippen molar-refractivity contribution < 1.29 is 57.5 Å². The summed E-state index contributed by atoms with van der Waals surface area (Å²) in [4.78, 5) is 65.5. The number of esters is 2. The maximum atomic E-state index is 15.8. The number of unbranched alkanes of at least 4 members (excludes halogenated alkanes) is 1. The van der Waals surface area contributed by atoms with Gasteiger partial charge in [0.1, 0.15) is 12.2 Å². The van der Waals surface area contributed by atoms with Crippen LogP contribution in [0.3, 0.4) is 0 Å². The number of hydrogen-bond acceptors (Lipinski definition) is 13. The highest BCUT2D eigenvalue weighted by Crippen LogP contribution is 2.70. The lowest BCUT2D eigenvalue weighted by molar-refractivity contribution is -0.757. The first-order chi connectivity index (χ1) is 22.4. The van der Waals surface area contributed by atoms with E-state index in [9.17, 15) is 34.4 Å². The molecule has 1 saturated heterocycles. The summed E-state index contributed by atoms with van der Waals surface area (Å²) in [5, 5.41) is 21.0. The fourth-order valence-corrected chi connectivity index (χ4v) is 9.27. The highest BCUT2D eigenvalue weighted by molar-refractivity contribution is 6.01. The molecule has 0 aromatic carbocycles. The standard InChI is InChI=1S/C33H45FN2O12/c1-30(2)47-26-15-20-19-14-22(34)21-13-18(37)9-10-31(21,3)28(19)24(38)16-32(20,4)33(26,48-30)25(39)17-45-27(40)8-7-23(35)29(41)44-11-5-6-12-46-36(42)43/h9-10,13,19-20,22-24,26,28,38H,5-8,11-12,14-17,35H2,1-4H3/t19-,20-,22-,23?,24-,26+,28+,31-,32-,33+/m0/s1. The molecule has 0 radical (unpaired) electrons. The van der Waals surface area contributed by atoms with Gasteiger partial charge in [-0.25, -0.2) is 4.39 Å². The van der Waals surface area contributed by atoms with Crippen molar-refractivity contribution in [3.05, 3.63) is 33.9 Å². The van der Waals surface area contributed by atoms with E-state index in [1.165, 1.54) is 12.2 Å². The lowest BCUT2D eigenvalue weighted by Gasteiger charge is -2.60. The van der Waals surface area contributed by atoms with Crippen LogP contribution < -0.4 is 5.73 Å². The van der Waals surface area contributed by atoms with Gasteiger partial charge in [0.15, 0.2) is 23.8 Å². The van der Waals surface area contributed by atoms with Crippen LogP contribution in [0.15, 0.2) is 23.8 Å². The summed E-state index contributed by atoms with van der Waals surface area (Å²) in [6, 6.07) is -1.13. The van der Waals surface area contributed by atoms with Crippen molar-refractivity contribution in [2.45, 2.75) is 108 Å². The van der Waals surface area contributed by atoms with Gasteiger partial charge in [-0.1, -0.05) is 19.9 Å². The Morgan fingerprint density at radius 3 is 2.58 bits per heavy atom. The second-order valence-corrected chi connectivity index (χ2v) is 14.5. The molecule has 10 atom stereocenters. The van der Waals surface area contributed by atoms with E-state index >= 15 is 4.39 Å². The van der Waals surface area contributed by atoms with Crippen LogP contribution in [0.25, 0.3) is 0 Å². The monoisotopic (exact) mass is 680 g/mol. The van der Waals surface area contributed by atoms with Crippen LogP contribution >= 0.6 is 0 Å². The van der Waals surface area contributed by atoms with Gasteiger partial charge in [0.2, 0.25) is 5.78 Å². The number of allylic oxidation sites excluding steroid dienone is 4. The highest BCUT2D eigenvalue weighted by Gasteiger charge is 2.77. The molecule has 14 nitrogen and oxygen atoms in total. The van der Waals surface area contributed by atoms with Gasteiger partial charge in [-0.05, 0) is 81.9 Å². The topological polar surface area (TPSA) is 204 Å². The summed E-state index contributed by atoms with van der Waals surface area (Å²) in [6.07, 6.45) is 2.23. The largest absolute Gasteiger partial charge is 0.465 e. The van der Waals surface area contributed by atoms with E-state index in [1.54, 1.807) is 19.9 Å². The number of nitrogens with two attached hydrogens (primary N) is 1. The molecule has 1 aliphatic heterocycles. The summed E-state index contributed by atoms with van der Waals surface area (Å²) in [6.45, 7) is 6.30. The maximum Gasteiger partial charge on any atom is 0.322 e. The Kier molecular flexibility index (Phi) is 9.92. The fourth-order valence-electron chi connectivity index (χ4n) is 9.27. The number of ketones is 2. The summed E-state index contributed by atoms with van der Waals surface area (Å²) < 4.78 is 39.0. The Morgan fingerprint density at radius 1 is 1.17 bits per heavy atom. The zero-order chi connectivity index (χ0) is 35.2. The molecule has 5 aliphatic rings. The van der Waals surface area contributed by atoms with Gasteiger partial charge in [0.05, 0.1) is 25.4 Å². The number of aliphatic hydroxyl groups excluding tert-OH is 1. The molecule has 15 heteroatoms. The van der Waals surface area contributed by atoms with Gasteiger partial charge in [-0.2, -0.15) is 0 Å². The van der Waals surface area contributed by atoms with Crippen molar-refractivity contribution in [2.24, 2.45) is 34.3 Å². The summed E-state index contributed by atoms with van der Waals surface area (Å²) in [5.41, 5.74) is 2.77. The van der Waals surface area contributed by atoms with Gasteiger partial charge in [0, 0.05) is 23.2 Å². The molecule has 48 heavy (non-hydrogen) atoms. The Balaban J connectivity index is 1.23. The number of carbonyl (C=O) groups is 4. The number of hydrogen-bond donors (Lipinski definition) is 2. The third-order valence-electron chi connectivity index (χ3n) is 11.2. The van der Waals surface area contributed by atoms with Crippen molar-refractivity contribution in [1.82, 2.24) is 0 Å². The first-order valence-electron chi connectivity index (χ1n) is 16.5. The predicted molar refractivity (Wildman–Crippen MR) is 163 cm³/mol.